The third-order valence-corrected chi connectivity index (χ3v) is 4.52. The van der Waals surface area contributed by atoms with Crippen LogP contribution in [0.2, 0.25) is 0 Å². The van der Waals surface area contributed by atoms with Crippen molar-refractivity contribution >= 4 is 5.91 Å². The number of amides is 1. The lowest BCUT2D eigenvalue weighted by atomic mass is 10.1. The van der Waals surface area contributed by atoms with Gasteiger partial charge >= 0.3 is 6.18 Å². The first-order chi connectivity index (χ1) is 14.7. The van der Waals surface area contributed by atoms with Gasteiger partial charge in [0.05, 0.1) is 29.6 Å². The van der Waals surface area contributed by atoms with Crippen LogP contribution in [0.1, 0.15) is 35.5 Å². The molecule has 31 heavy (non-hydrogen) atoms. The van der Waals surface area contributed by atoms with E-state index in [1.165, 1.54) is 17.2 Å². The number of pyridine rings is 2. The number of hydrogen-bond donors (Lipinski definition) is 0. The van der Waals surface area contributed by atoms with Crippen molar-refractivity contribution < 1.29 is 22.7 Å². The van der Waals surface area contributed by atoms with Gasteiger partial charge in [0.2, 0.25) is 5.88 Å². The van der Waals surface area contributed by atoms with Crippen LogP contribution in [0.3, 0.4) is 0 Å². The van der Waals surface area contributed by atoms with Gasteiger partial charge in [-0.1, -0.05) is 0 Å². The molecule has 0 N–H and O–H groups in total. The van der Waals surface area contributed by atoms with Crippen LogP contribution in [0.4, 0.5) is 13.2 Å². The molecule has 0 saturated heterocycles. The number of alkyl halides is 3. The van der Waals surface area contributed by atoms with Gasteiger partial charge < -0.3 is 9.64 Å². The van der Waals surface area contributed by atoms with Gasteiger partial charge in [-0.05, 0) is 39.0 Å². The van der Waals surface area contributed by atoms with Crippen molar-refractivity contribution in [1.29, 1.82) is 0 Å². The number of ether oxygens (including phenoxy) is 1. The van der Waals surface area contributed by atoms with Crippen molar-refractivity contribution in [1.82, 2.24) is 29.9 Å². The first kappa shape index (κ1) is 22.2. The van der Waals surface area contributed by atoms with E-state index in [0.717, 1.165) is 12.1 Å². The van der Waals surface area contributed by atoms with Crippen molar-refractivity contribution in [3.63, 3.8) is 0 Å². The van der Waals surface area contributed by atoms with Crippen LogP contribution in [0, 0.1) is 6.92 Å². The molecule has 0 aliphatic heterocycles. The van der Waals surface area contributed by atoms with E-state index in [-0.39, 0.29) is 24.4 Å². The van der Waals surface area contributed by atoms with Gasteiger partial charge in [0.25, 0.3) is 5.91 Å². The van der Waals surface area contributed by atoms with Gasteiger partial charge in [-0.2, -0.15) is 23.4 Å². The summed E-state index contributed by atoms with van der Waals surface area (Å²) >= 11 is 0. The maximum Gasteiger partial charge on any atom is 0.417 e. The predicted octanol–water partition coefficient (Wildman–Crippen LogP) is 3.31. The fraction of sp³-hybridized carbons (Fsp3) is 0.350. The second-order valence-electron chi connectivity index (χ2n) is 6.78. The van der Waals surface area contributed by atoms with Crippen molar-refractivity contribution in [3.05, 3.63) is 59.7 Å². The predicted molar refractivity (Wildman–Crippen MR) is 105 cm³/mol. The van der Waals surface area contributed by atoms with Gasteiger partial charge in [-0.3, -0.25) is 4.79 Å². The second kappa shape index (κ2) is 9.11. The van der Waals surface area contributed by atoms with Crippen molar-refractivity contribution in [2.24, 2.45) is 0 Å². The molecule has 11 heteroatoms. The van der Waals surface area contributed by atoms with Crippen molar-refractivity contribution in [2.75, 3.05) is 13.2 Å². The molecule has 0 fully saturated rings. The maximum absolute atomic E-state index is 13.2. The molecular weight excluding hydrogens is 413 g/mol. The third kappa shape index (κ3) is 5.16. The van der Waals surface area contributed by atoms with Crippen LogP contribution in [-0.4, -0.2) is 55.0 Å². The molecule has 0 aromatic carbocycles. The minimum Gasteiger partial charge on any atom is -0.475 e. The summed E-state index contributed by atoms with van der Waals surface area (Å²) in [5.74, 6) is 0.0616. The number of likely N-dealkylation sites (N-methyl/N-ethyl adjacent to an activating group) is 1. The summed E-state index contributed by atoms with van der Waals surface area (Å²) in [5.41, 5.74) is 0.171. The summed E-state index contributed by atoms with van der Waals surface area (Å²) in [7, 11) is 0. The van der Waals surface area contributed by atoms with Crippen LogP contribution in [0.25, 0.3) is 5.82 Å². The fourth-order valence-electron chi connectivity index (χ4n) is 2.93. The molecule has 0 saturated carbocycles. The number of nitrogens with zero attached hydrogens (tertiary/aromatic N) is 6. The lowest BCUT2D eigenvalue weighted by Crippen LogP contribution is -2.42. The highest BCUT2D eigenvalue weighted by molar-refractivity contribution is 5.97. The molecule has 3 heterocycles. The van der Waals surface area contributed by atoms with Crippen LogP contribution in [-0.2, 0) is 6.18 Å². The number of carbonyl (C=O) groups excluding carboxylic acids is 1. The van der Waals surface area contributed by atoms with E-state index in [1.807, 2.05) is 6.92 Å². The molecule has 3 rings (SSSR count). The Bertz CT molecular complexity index is 1020. The zero-order valence-electron chi connectivity index (χ0n) is 17.2. The monoisotopic (exact) mass is 434 g/mol. The van der Waals surface area contributed by atoms with Crippen LogP contribution >= 0.6 is 0 Å². The fourth-order valence-corrected chi connectivity index (χ4v) is 2.93. The Morgan fingerprint density at radius 3 is 2.48 bits per heavy atom. The lowest BCUT2D eigenvalue weighted by molar-refractivity contribution is -0.137. The molecular formula is C20H21F3N6O2. The maximum atomic E-state index is 13.2. The number of aryl methyl sites for hydroxylation is 1. The summed E-state index contributed by atoms with van der Waals surface area (Å²) < 4.78 is 43.5. The second-order valence-corrected chi connectivity index (χ2v) is 6.78. The molecule has 1 atom stereocenters. The van der Waals surface area contributed by atoms with Crippen molar-refractivity contribution in [3.8, 4) is 11.7 Å². The van der Waals surface area contributed by atoms with Gasteiger partial charge in [0, 0.05) is 24.5 Å². The molecule has 1 unspecified atom stereocenters. The molecule has 0 spiro atoms. The standard InChI is InChI=1S/C20H21F3N6O2/c1-4-28(14(3)12-31-17-8-6-15(11-24-17)20(21,22)23)19(30)16-7-5-13(2)27-18(16)29-25-9-10-26-29/h5-11,14H,4,12H2,1-3H3. The van der Waals surface area contributed by atoms with E-state index in [1.54, 1.807) is 30.9 Å². The third-order valence-electron chi connectivity index (χ3n) is 4.52. The van der Waals surface area contributed by atoms with Gasteiger partial charge in [-0.25, -0.2) is 9.97 Å². The highest BCUT2D eigenvalue weighted by atomic mass is 19.4. The van der Waals surface area contributed by atoms with Gasteiger partial charge in [0.1, 0.15) is 6.61 Å². The molecule has 3 aromatic heterocycles. The number of hydrogen-bond acceptors (Lipinski definition) is 6. The highest BCUT2D eigenvalue weighted by Gasteiger charge is 2.31. The summed E-state index contributed by atoms with van der Waals surface area (Å²) in [4.78, 5) is 24.2. The summed E-state index contributed by atoms with van der Waals surface area (Å²) in [6.45, 7) is 5.82. The average Bonchev–Trinajstić information content (AvgIpc) is 3.27. The Balaban J connectivity index is 1.74. The Labute approximate surface area is 176 Å². The summed E-state index contributed by atoms with van der Waals surface area (Å²) in [6.07, 6.45) is -0.774. The molecule has 0 aliphatic rings. The highest BCUT2D eigenvalue weighted by Crippen LogP contribution is 2.29. The molecule has 0 radical (unpaired) electrons. The summed E-state index contributed by atoms with van der Waals surface area (Å²) in [6, 6.07) is 5.05. The molecule has 164 valence electrons. The minimum atomic E-state index is -4.46. The SMILES string of the molecule is CCN(C(=O)c1ccc(C)nc1-n1nccn1)C(C)COc1ccc(C(F)(F)F)cn1. The van der Waals surface area contributed by atoms with E-state index >= 15 is 0 Å². The van der Waals surface area contributed by atoms with Crippen molar-refractivity contribution in [2.45, 2.75) is 33.0 Å². The van der Waals surface area contributed by atoms with Gasteiger partial charge in [-0.15, -0.1) is 4.80 Å². The Morgan fingerprint density at radius 2 is 1.90 bits per heavy atom. The molecule has 0 aliphatic carbocycles. The largest absolute Gasteiger partial charge is 0.475 e. The van der Waals surface area contributed by atoms with Crippen LogP contribution < -0.4 is 4.74 Å². The summed E-state index contributed by atoms with van der Waals surface area (Å²) in [5, 5.41) is 8.12. The van der Waals surface area contributed by atoms with E-state index in [9.17, 15) is 18.0 Å². The zero-order chi connectivity index (χ0) is 22.6. The molecule has 1 amide bonds. The number of aromatic nitrogens is 5. The normalized spacial score (nSPS) is 12.5. The quantitative estimate of drug-likeness (QED) is 0.567. The van der Waals surface area contributed by atoms with E-state index in [4.69, 9.17) is 4.74 Å². The lowest BCUT2D eigenvalue weighted by Gasteiger charge is -2.28. The average molecular weight is 434 g/mol. The van der Waals surface area contributed by atoms with Crippen LogP contribution in [0.5, 0.6) is 5.88 Å². The first-order valence-corrected chi connectivity index (χ1v) is 9.52. The van der Waals surface area contributed by atoms with E-state index in [0.29, 0.717) is 29.8 Å². The van der Waals surface area contributed by atoms with Gasteiger partial charge in [0.15, 0.2) is 5.82 Å². The topological polar surface area (TPSA) is 86.0 Å². The Morgan fingerprint density at radius 1 is 1.19 bits per heavy atom. The van der Waals surface area contributed by atoms with E-state index < -0.39 is 11.7 Å². The van der Waals surface area contributed by atoms with Crippen LogP contribution in [0.15, 0.2) is 42.9 Å². The first-order valence-electron chi connectivity index (χ1n) is 9.52. The Hall–Kier alpha value is -3.50. The molecule has 3 aromatic rings. The molecule has 0 bridgehead atoms. The zero-order valence-corrected chi connectivity index (χ0v) is 17.2. The van der Waals surface area contributed by atoms with E-state index in [2.05, 4.69) is 20.2 Å². The number of halogens is 3. The smallest absolute Gasteiger partial charge is 0.417 e. The molecule has 8 nitrogen and oxygen atoms in total. The minimum absolute atomic E-state index is 0.0433. The number of carbonyl (C=O) groups is 1. The Kier molecular flexibility index (Phi) is 6.52. The number of rotatable bonds is 7.